The predicted octanol–water partition coefficient (Wildman–Crippen LogP) is 1.31. The van der Waals surface area contributed by atoms with Gasteiger partial charge >= 0.3 is 6.03 Å². The number of sulfone groups is 1. The van der Waals surface area contributed by atoms with E-state index in [-0.39, 0.29) is 23.6 Å². The third-order valence-electron chi connectivity index (χ3n) is 6.08. The molecule has 3 saturated heterocycles. The number of hydrogen-bond acceptors (Lipinski definition) is 4. The molecule has 7 heteroatoms. The van der Waals surface area contributed by atoms with Crippen LogP contribution in [-0.4, -0.2) is 62.2 Å². The van der Waals surface area contributed by atoms with Gasteiger partial charge in [-0.3, -0.25) is 0 Å². The zero-order valence-corrected chi connectivity index (χ0v) is 14.4. The Morgan fingerprint density at radius 3 is 2.74 bits per heavy atom. The largest absolute Gasteiger partial charge is 0.374 e. The van der Waals surface area contributed by atoms with Gasteiger partial charge in [0.15, 0.2) is 9.84 Å². The molecule has 4 rings (SSSR count). The molecule has 1 N–H and O–H groups in total. The van der Waals surface area contributed by atoms with E-state index in [2.05, 4.69) is 5.32 Å². The number of rotatable bonds is 1. The maximum Gasteiger partial charge on any atom is 0.317 e. The Morgan fingerprint density at radius 2 is 2.04 bits per heavy atom. The molecule has 2 amide bonds. The minimum atomic E-state index is -2.98. The van der Waals surface area contributed by atoms with Crippen LogP contribution >= 0.6 is 0 Å². The summed E-state index contributed by atoms with van der Waals surface area (Å²) < 4.78 is 29.4. The lowest BCUT2D eigenvalue weighted by molar-refractivity contribution is -0.0692. The van der Waals surface area contributed by atoms with Gasteiger partial charge in [0.25, 0.3) is 0 Å². The van der Waals surface area contributed by atoms with E-state index in [4.69, 9.17) is 4.74 Å². The fraction of sp³-hybridized carbons (Fsp3) is 0.938. The summed E-state index contributed by atoms with van der Waals surface area (Å²) in [5, 5.41) is 3.14. The van der Waals surface area contributed by atoms with Crippen LogP contribution in [0.15, 0.2) is 0 Å². The van der Waals surface area contributed by atoms with Crippen LogP contribution in [0.2, 0.25) is 0 Å². The predicted molar refractivity (Wildman–Crippen MR) is 86.0 cm³/mol. The molecule has 2 atom stereocenters. The number of urea groups is 1. The van der Waals surface area contributed by atoms with Crippen LogP contribution in [0.3, 0.4) is 0 Å². The minimum Gasteiger partial charge on any atom is -0.374 e. The van der Waals surface area contributed by atoms with E-state index in [9.17, 15) is 13.2 Å². The SMILES string of the molecule is O=C(NC1CCOC2(CCS(=O)(=O)C2)C1)N1CCCC2(CC2)C1. The van der Waals surface area contributed by atoms with Gasteiger partial charge < -0.3 is 15.0 Å². The summed E-state index contributed by atoms with van der Waals surface area (Å²) in [4.78, 5) is 14.5. The first-order chi connectivity index (χ1) is 10.9. The third-order valence-corrected chi connectivity index (χ3v) is 7.87. The molecule has 2 spiro atoms. The molecular formula is C16H26N2O4S. The second-order valence-electron chi connectivity index (χ2n) is 8.04. The lowest BCUT2D eigenvalue weighted by atomic mass is 9.90. The Bertz CT molecular complexity index is 601. The smallest absolute Gasteiger partial charge is 0.317 e. The van der Waals surface area contributed by atoms with Crippen molar-refractivity contribution in [2.45, 2.75) is 56.6 Å². The van der Waals surface area contributed by atoms with Crippen molar-refractivity contribution in [2.75, 3.05) is 31.2 Å². The Hall–Kier alpha value is -0.820. The number of carbonyl (C=O) groups excluding carboxylic acids is 1. The number of hydrogen-bond donors (Lipinski definition) is 1. The van der Waals surface area contributed by atoms with E-state index >= 15 is 0 Å². The Balaban J connectivity index is 1.36. The summed E-state index contributed by atoms with van der Waals surface area (Å²) >= 11 is 0. The fourth-order valence-electron chi connectivity index (χ4n) is 4.54. The van der Waals surface area contributed by atoms with Gasteiger partial charge in [0, 0.05) is 25.7 Å². The van der Waals surface area contributed by atoms with Crippen molar-refractivity contribution in [3.63, 3.8) is 0 Å². The summed E-state index contributed by atoms with van der Waals surface area (Å²) in [6.07, 6.45) is 6.83. The number of piperidine rings is 1. The van der Waals surface area contributed by atoms with Gasteiger partial charge in [-0.2, -0.15) is 0 Å². The Morgan fingerprint density at radius 1 is 1.22 bits per heavy atom. The highest BCUT2D eigenvalue weighted by Gasteiger charge is 2.48. The molecule has 1 saturated carbocycles. The van der Waals surface area contributed by atoms with Crippen molar-refractivity contribution in [2.24, 2.45) is 5.41 Å². The first kappa shape index (κ1) is 15.7. The van der Waals surface area contributed by atoms with Gasteiger partial charge in [-0.25, -0.2) is 13.2 Å². The summed E-state index contributed by atoms with van der Waals surface area (Å²) in [7, 11) is -2.98. The summed E-state index contributed by atoms with van der Waals surface area (Å²) in [5.41, 5.74) is -0.138. The summed E-state index contributed by atoms with van der Waals surface area (Å²) in [6, 6.07) is 0.0560. The monoisotopic (exact) mass is 342 g/mol. The van der Waals surface area contributed by atoms with E-state index in [0.29, 0.717) is 24.9 Å². The fourth-order valence-corrected chi connectivity index (χ4v) is 6.52. The van der Waals surface area contributed by atoms with Gasteiger partial charge in [0.1, 0.15) is 0 Å². The van der Waals surface area contributed by atoms with Crippen LogP contribution in [0, 0.1) is 5.41 Å². The van der Waals surface area contributed by atoms with Crippen LogP contribution in [0.1, 0.15) is 44.9 Å². The molecule has 130 valence electrons. The highest BCUT2D eigenvalue weighted by molar-refractivity contribution is 7.91. The topological polar surface area (TPSA) is 75.7 Å². The van der Waals surface area contributed by atoms with Crippen molar-refractivity contribution in [1.29, 1.82) is 0 Å². The van der Waals surface area contributed by atoms with Gasteiger partial charge in [0.05, 0.1) is 17.1 Å². The van der Waals surface area contributed by atoms with Crippen LogP contribution in [0.5, 0.6) is 0 Å². The minimum absolute atomic E-state index is 0.0267. The van der Waals surface area contributed by atoms with Gasteiger partial charge in [0.2, 0.25) is 0 Å². The number of likely N-dealkylation sites (tertiary alicyclic amines) is 1. The van der Waals surface area contributed by atoms with Gasteiger partial charge in [-0.05, 0) is 50.4 Å². The molecule has 0 aromatic rings. The maximum atomic E-state index is 12.6. The lowest BCUT2D eigenvalue weighted by Gasteiger charge is -2.39. The maximum absolute atomic E-state index is 12.6. The molecule has 0 bridgehead atoms. The molecule has 2 unspecified atom stereocenters. The second kappa shape index (κ2) is 5.34. The Labute approximate surface area is 137 Å². The zero-order valence-electron chi connectivity index (χ0n) is 13.6. The number of ether oxygens (including phenoxy) is 1. The Kier molecular flexibility index (Phi) is 3.65. The molecule has 0 radical (unpaired) electrons. The van der Waals surface area contributed by atoms with Crippen molar-refractivity contribution >= 4 is 15.9 Å². The van der Waals surface area contributed by atoms with Crippen molar-refractivity contribution < 1.29 is 17.9 Å². The van der Waals surface area contributed by atoms with Crippen molar-refractivity contribution in [3.8, 4) is 0 Å². The van der Waals surface area contributed by atoms with Gasteiger partial charge in [-0.15, -0.1) is 0 Å². The molecule has 0 aromatic carbocycles. The van der Waals surface area contributed by atoms with E-state index in [0.717, 1.165) is 25.9 Å². The molecule has 0 aromatic heterocycles. The molecule has 4 aliphatic rings. The molecule has 6 nitrogen and oxygen atoms in total. The van der Waals surface area contributed by atoms with E-state index in [1.165, 1.54) is 19.3 Å². The standard InChI is InChI=1S/C16H26N2O4S/c19-14(18-7-1-3-15(11-18)4-5-15)17-13-2-8-22-16(10-13)6-9-23(20,21)12-16/h13H,1-12H2,(H,17,19). The van der Waals surface area contributed by atoms with Crippen molar-refractivity contribution in [1.82, 2.24) is 10.2 Å². The zero-order chi connectivity index (χ0) is 16.1. The van der Waals surface area contributed by atoms with Crippen LogP contribution in [0.4, 0.5) is 4.79 Å². The average Bonchev–Trinajstić information content (AvgIpc) is 3.17. The molecular weight excluding hydrogens is 316 g/mol. The molecule has 23 heavy (non-hydrogen) atoms. The quantitative estimate of drug-likeness (QED) is 0.779. The number of amides is 2. The average molecular weight is 342 g/mol. The summed E-state index contributed by atoms with van der Waals surface area (Å²) in [6.45, 7) is 2.27. The first-order valence-corrected chi connectivity index (χ1v) is 10.6. The van der Waals surface area contributed by atoms with E-state index in [1.54, 1.807) is 0 Å². The number of nitrogens with one attached hydrogen (secondary N) is 1. The van der Waals surface area contributed by atoms with Crippen LogP contribution < -0.4 is 5.32 Å². The van der Waals surface area contributed by atoms with Gasteiger partial charge in [-0.1, -0.05) is 0 Å². The molecule has 3 heterocycles. The second-order valence-corrected chi connectivity index (χ2v) is 10.2. The normalized spacial score (nSPS) is 37.9. The van der Waals surface area contributed by atoms with E-state index < -0.39 is 15.4 Å². The number of carbonyl (C=O) groups is 1. The highest BCUT2D eigenvalue weighted by atomic mass is 32.2. The third kappa shape index (κ3) is 3.22. The molecule has 1 aliphatic carbocycles. The number of nitrogens with zero attached hydrogens (tertiary/aromatic N) is 1. The molecule has 3 aliphatic heterocycles. The molecule has 4 fully saturated rings. The van der Waals surface area contributed by atoms with E-state index in [1.807, 2.05) is 4.90 Å². The summed E-state index contributed by atoms with van der Waals surface area (Å²) in [5.74, 6) is 0.321. The first-order valence-electron chi connectivity index (χ1n) is 8.79. The lowest BCUT2D eigenvalue weighted by Crippen LogP contribution is -2.53. The van der Waals surface area contributed by atoms with Crippen LogP contribution in [0.25, 0.3) is 0 Å². The highest BCUT2D eigenvalue weighted by Crippen LogP contribution is 2.52. The van der Waals surface area contributed by atoms with Crippen LogP contribution in [-0.2, 0) is 14.6 Å². The van der Waals surface area contributed by atoms with Crippen molar-refractivity contribution in [3.05, 3.63) is 0 Å².